The molecule has 0 aliphatic heterocycles. The Bertz CT molecular complexity index is 317. The van der Waals surface area contributed by atoms with Gasteiger partial charge in [0.05, 0.1) is 5.01 Å². The molecule has 2 nitrogen and oxygen atoms in total. The standard InChI is InChI=1S/C13H22N2S/c1-3-14-12(7-6-11-4-5-11)8-13-15-10(2)9-16-13/h9,11-12,14H,3-8H2,1-2H3. The van der Waals surface area contributed by atoms with E-state index in [0.29, 0.717) is 6.04 Å². The lowest BCUT2D eigenvalue weighted by Crippen LogP contribution is -2.31. The van der Waals surface area contributed by atoms with Gasteiger partial charge in [0.2, 0.25) is 0 Å². The molecule has 2 rings (SSSR count). The van der Waals surface area contributed by atoms with Crippen molar-refractivity contribution in [3.63, 3.8) is 0 Å². The van der Waals surface area contributed by atoms with Crippen molar-refractivity contribution in [3.8, 4) is 0 Å². The predicted octanol–water partition coefficient (Wildman–Crippen LogP) is 3.16. The summed E-state index contributed by atoms with van der Waals surface area (Å²) in [6.07, 6.45) is 6.77. The van der Waals surface area contributed by atoms with Gasteiger partial charge in [0.15, 0.2) is 0 Å². The van der Waals surface area contributed by atoms with Gasteiger partial charge in [0.1, 0.15) is 0 Å². The van der Waals surface area contributed by atoms with E-state index in [1.54, 1.807) is 11.3 Å². The maximum absolute atomic E-state index is 4.55. The first-order chi connectivity index (χ1) is 7.78. The molecular formula is C13H22N2S. The molecule has 0 spiro atoms. The Hall–Kier alpha value is -0.410. The molecule has 0 saturated heterocycles. The van der Waals surface area contributed by atoms with E-state index >= 15 is 0 Å². The number of nitrogens with zero attached hydrogens (tertiary/aromatic N) is 1. The maximum Gasteiger partial charge on any atom is 0.0943 e. The molecular weight excluding hydrogens is 216 g/mol. The summed E-state index contributed by atoms with van der Waals surface area (Å²) in [5, 5.41) is 7.03. The number of thiazole rings is 1. The molecule has 1 heterocycles. The van der Waals surface area contributed by atoms with Crippen LogP contribution in [-0.4, -0.2) is 17.6 Å². The molecule has 1 aromatic heterocycles. The van der Waals surface area contributed by atoms with Crippen molar-refractivity contribution < 1.29 is 0 Å². The summed E-state index contributed by atoms with van der Waals surface area (Å²) >= 11 is 1.80. The topological polar surface area (TPSA) is 24.9 Å². The van der Waals surface area contributed by atoms with Crippen LogP contribution in [0.4, 0.5) is 0 Å². The number of hydrogen-bond acceptors (Lipinski definition) is 3. The van der Waals surface area contributed by atoms with Crippen LogP contribution in [0.1, 0.15) is 43.3 Å². The van der Waals surface area contributed by atoms with Gasteiger partial charge in [0.25, 0.3) is 0 Å². The van der Waals surface area contributed by atoms with Gasteiger partial charge in [-0.3, -0.25) is 0 Å². The Morgan fingerprint density at radius 1 is 1.56 bits per heavy atom. The normalized spacial score (nSPS) is 17.6. The van der Waals surface area contributed by atoms with Gasteiger partial charge in [-0.15, -0.1) is 11.3 Å². The van der Waals surface area contributed by atoms with Crippen LogP contribution >= 0.6 is 11.3 Å². The molecule has 1 saturated carbocycles. The van der Waals surface area contributed by atoms with E-state index < -0.39 is 0 Å². The summed E-state index contributed by atoms with van der Waals surface area (Å²) in [5.41, 5.74) is 1.16. The molecule has 0 amide bonds. The summed E-state index contributed by atoms with van der Waals surface area (Å²) in [6.45, 7) is 5.34. The molecule has 1 aliphatic carbocycles. The number of rotatable bonds is 7. The highest BCUT2D eigenvalue weighted by Crippen LogP contribution is 2.34. The number of nitrogens with one attached hydrogen (secondary N) is 1. The Morgan fingerprint density at radius 2 is 2.38 bits per heavy atom. The minimum Gasteiger partial charge on any atom is -0.314 e. The molecule has 90 valence electrons. The molecule has 1 fully saturated rings. The van der Waals surface area contributed by atoms with Crippen LogP contribution in [0.15, 0.2) is 5.38 Å². The van der Waals surface area contributed by atoms with Gasteiger partial charge in [-0.05, 0) is 32.2 Å². The number of aromatic nitrogens is 1. The summed E-state index contributed by atoms with van der Waals surface area (Å²) in [4.78, 5) is 4.55. The van der Waals surface area contributed by atoms with Crippen LogP contribution in [0.3, 0.4) is 0 Å². The third-order valence-corrected chi connectivity index (χ3v) is 4.19. The fourth-order valence-corrected chi connectivity index (χ4v) is 2.97. The third kappa shape index (κ3) is 3.87. The monoisotopic (exact) mass is 238 g/mol. The fourth-order valence-electron chi connectivity index (χ4n) is 2.12. The van der Waals surface area contributed by atoms with Crippen molar-refractivity contribution in [2.75, 3.05) is 6.54 Å². The zero-order valence-corrected chi connectivity index (χ0v) is 11.1. The first-order valence-electron chi connectivity index (χ1n) is 6.42. The van der Waals surface area contributed by atoms with Crippen LogP contribution in [0, 0.1) is 12.8 Å². The van der Waals surface area contributed by atoms with E-state index in [0.717, 1.165) is 24.6 Å². The van der Waals surface area contributed by atoms with Crippen molar-refractivity contribution in [3.05, 3.63) is 16.1 Å². The quantitative estimate of drug-likeness (QED) is 0.789. The average Bonchev–Trinajstić information content (AvgIpc) is 3.00. The van der Waals surface area contributed by atoms with E-state index in [4.69, 9.17) is 0 Å². The van der Waals surface area contributed by atoms with Crippen molar-refractivity contribution in [1.29, 1.82) is 0 Å². The summed E-state index contributed by atoms with van der Waals surface area (Å²) in [5.74, 6) is 1.04. The minimum atomic E-state index is 0.635. The van der Waals surface area contributed by atoms with Crippen LogP contribution in [0.2, 0.25) is 0 Å². The van der Waals surface area contributed by atoms with E-state index in [1.807, 2.05) is 0 Å². The van der Waals surface area contributed by atoms with Crippen LogP contribution < -0.4 is 5.32 Å². The molecule has 3 heteroatoms. The van der Waals surface area contributed by atoms with Gasteiger partial charge >= 0.3 is 0 Å². The second-order valence-corrected chi connectivity index (χ2v) is 5.80. The predicted molar refractivity (Wildman–Crippen MR) is 70.0 cm³/mol. The molecule has 1 atom stereocenters. The Morgan fingerprint density at radius 3 is 2.94 bits per heavy atom. The highest BCUT2D eigenvalue weighted by Gasteiger charge is 2.22. The first-order valence-corrected chi connectivity index (χ1v) is 7.30. The molecule has 1 aromatic rings. The van der Waals surface area contributed by atoms with Gasteiger partial charge < -0.3 is 5.32 Å². The van der Waals surface area contributed by atoms with E-state index in [9.17, 15) is 0 Å². The van der Waals surface area contributed by atoms with Gasteiger partial charge in [-0.25, -0.2) is 4.98 Å². The zero-order chi connectivity index (χ0) is 11.4. The first kappa shape index (κ1) is 12.1. The summed E-state index contributed by atoms with van der Waals surface area (Å²) in [6, 6.07) is 0.635. The van der Waals surface area contributed by atoms with Crippen LogP contribution in [0.25, 0.3) is 0 Å². The average molecular weight is 238 g/mol. The van der Waals surface area contributed by atoms with Crippen LogP contribution in [0.5, 0.6) is 0 Å². The fraction of sp³-hybridized carbons (Fsp3) is 0.769. The molecule has 0 radical (unpaired) electrons. The maximum atomic E-state index is 4.55. The van der Waals surface area contributed by atoms with Gasteiger partial charge in [-0.2, -0.15) is 0 Å². The van der Waals surface area contributed by atoms with E-state index in [2.05, 4.69) is 29.5 Å². The van der Waals surface area contributed by atoms with Gasteiger partial charge in [-0.1, -0.05) is 19.8 Å². The second-order valence-electron chi connectivity index (χ2n) is 4.86. The molecule has 1 N–H and O–H groups in total. The van der Waals surface area contributed by atoms with Crippen molar-refractivity contribution in [2.45, 2.75) is 52.0 Å². The third-order valence-electron chi connectivity index (χ3n) is 3.20. The van der Waals surface area contributed by atoms with Gasteiger partial charge in [0, 0.05) is 23.5 Å². The zero-order valence-electron chi connectivity index (χ0n) is 10.3. The second kappa shape index (κ2) is 5.78. The number of aryl methyl sites for hydroxylation is 1. The largest absolute Gasteiger partial charge is 0.314 e. The lowest BCUT2D eigenvalue weighted by molar-refractivity contribution is 0.462. The lowest BCUT2D eigenvalue weighted by Gasteiger charge is -2.16. The summed E-state index contributed by atoms with van der Waals surface area (Å²) in [7, 11) is 0. The molecule has 16 heavy (non-hydrogen) atoms. The molecule has 0 bridgehead atoms. The molecule has 0 aromatic carbocycles. The SMILES string of the molecule is CCNC(CCC1CC1)Cc1nc(C)cs1. The van der Waals surface area contributed by atoms with Crippen LogP contribution in [-0.2, 0) is 6.42 Å². The van der Waals surface area contributed by atoms with E-state index in [1.165, 1.54) is 30.7 Å². The Labute approximate surface area is 102 Å². The number of hydrogen-bond donors (Lipinski definition) is 1. The minimum absolute atomic E-state index is 0.635. The Balaban J connectivity index is 1.80. The van der Waals surface area contributed by atoms with Crippen molar-refractivity contribution in [1.82, 2.24) is 10.3 Å². The van der Waals surface area contributed by atoms with E-state index in [-0.39, 0.29) is 0 Å². The highest BCUT2D eigenvalue weighted by atomic mass is 32.1. The molecule has 1 aliphatic rings. The smallest absolute Gasteiger partial charge is 0.0943 e. The summed E-state index contributed by atoms with van der Waals surface area (Å²) < 4.78 is 0. The van der Waals surface area contributed by atoms with Crippen molar-refractivity contribution >= 4 is 11.3 Å². The Kier molecular flexibility index (Phi) is 4.36. The number of likely N-dealkylation sites (N-methyl/N-ethyl adjacent to an activating group) is 1. The highest BCUT2D eigenvalue weighted by molar-refractivity contribution is 7.09. The van der Waals surface area contributed by atoms with Crippen molar-refractivity contribution in [2.24, 2.45) is 5.92 Å². The lowest BCUT2D eigenvalue weighted by atomic mass is 10.1. The molecule has 1 unspecified atom stereocenters.